The number of amides is 2. The Kier molecular flexibility index (Phi) is 6.21. The molecule has 8 heteroatoms. The molecule has 0 unspecified atom stereocenters. The lowest BCUT2D eigenvalue weighted by Gasteiger charge is -2.15. The number of hydrogen-bond acceptors (Lipinski definition) is 3. The number of carbonyl (C=O) groups is 2. The average molecular weight is 366 g/mol. The van der Waals surface area contributed by atoms with E-state index >= 15 is 0 Å². The Morgan fingerprint density at radius 1 is 1.19 bits per heavy atom. The van der Waals surface area contributed by atoms with E-state index < -0.39 is 18.6 Å². The summed E-state index contributed by atoms with van der Waals surface area (Å²) in [5, 5.41) is 1.80. The summed E-state index contributed by atoms with van der Waals surface area (Å²) < 4.78 is 41.4. The second kappa shape index (κ2) is 8.37. The summed E-state index contributed by atoms with van der Waals surface area (Å²) in [6, 6.07) is 9.42. The van der Waals surface area contributed by atoms with Crippen LogP contribution in [0.5, 0.6) is 0 Å². The monoisotopic (exact) mass is 366 g/mol. The van der Waals surface area contributed by atoms with Gasteiger partial charge in [-0.15, -0.1) is 0 Å². The number of likely N-dealkylation sites (N-methyl/N-ethyl adjacent to an activating group) is 1. The zero-order valence-electron chi connectivity index (χ0n) is 13.9. The van der Waals surface area contributed by atoms with Gasteiger partial charge in [-0.05, 0) is 35.9 Å². The third-order valence-electron chi connectivity index (χ3n) is 3.39. The number of nitrogens with one attached hydrogen (secondary N) is 1. The Morgan fingerprint density at radius 3 is 2.46 bits per heavy atom. The lowest BCUT2D eigenvalue weighted by molar-refractivity contribution is -0.125. The first-order valence-electron chi connectivity index (χ1n) is 7.65. The number of alkyl halides is 3. The van der Waals surface area contributed by atoms with Crippen LogP contribution in [0.4, 0.5) is 13.2 Å². The van der Waals surface area contributed by atoms with Gasteiger partial charge in [-0.1, -0.05) is 12.1 Å². The molecular weight excluding hydrogens is 349 g/mol. The first kappa shape index (κ1) is 19.3. The maximum absolute atomic E-state index is 12.1. The average Bonchev–Trinajstić information content (AvgIpc) is 3.11. The Morgan fingerprint density at radius 2 is 1.88 bits per heavy atom. The Hall–Kier alpha value is -3.03. The SMILES string of the molecule is CN(Cc1ccc(C(=O)NCC(F)(F)F)cc1)C(=O)C=Cc1ccco1. The summed E-state index contributed by atoms with van der Waals surface area (Å²) >= 11 is 0. The highest BCUT2D eigenvalue weighted by molar-refractivity contribution is 5.94. The molecule has 2 aromatic rings. The van der Waals surface area contributed by atoms with Crippen molar-refractivity contribution in [3.05, 3.63) is 65.6 Å². The van der Waals surface area contributed by atoms with E-state index in [0.717, 1.165) is 5.56 Å². The van der Waals surface area contributed by atoms with E-state index in [0.29, 0.717) is 5.76 Å². The molecule has 0 saturated heterocycles. The van der Waals surface area contributed by atoms with Crippen LogP contribution in [0.3, 0.4) is 0 Å². The van der Waals surface area contributed by atoms with Crippen molar-refractivity contribution in [2.45, 2.75) is 12.7 Å². The number of hydrogen-bond donors (Lipinski definition) is 1. The molecule has 26 heavy (non-hydrogen) atoms. The quantitative estimate of drug-likeness (QED) is 0.799. The fourth-order valence-electron chi connectivity index (χ4n) is 2.06. The fraction of sp³-hybridized carbons (Fsp3) is 0.222. The molecule has 0 bridgehead atoms. The van der Waals surface area contributed by atoms with Gasteiger partial charge in [-0.3, -0.25) is 9.59 Å². The van der Waals surface area contributed by atoms with Crippen LogP contribution in [0.15, 0.2) is 53.2 Å². The summed E-state index contributed by atoms with van der Waals surface area (Å²) in [6.45, 7) is -1.10. The van der Waals surface area contributed by atoms with E-state index in [1.807, 2.05) is 0 Å². The molecule has 0 atom stereocenters. The van der Waals surface area contributed by atoms with Gasteiger partial charge in [0.05, 0.1) is 6.26 Å². The largest absolute Gasteiger partial charge is 0.465 e. The van der Waals surface area contributed by atoms with Gasteiger partial charge in [-0.2, -0.15) is 13.2 Å². The van der Waals surface area contributed by atoms with Crippen molar-refractivity contribution in [1.29, 1.82) is 0 Å². The maximum Gasteiger partial charge on any atom is 0.405 e. The molecule has 1 aromatic carbocycles. The number of halogens is 3. The molecule has 2 rings (SSSR count). The molecule has 1 aromatic heterocycles. The van der Waals surface area contributed by atoms with Crippen LogP contribution >= 0.6 is 0 Å². The van der Waals surface area contributed by atoms with Gasteiger partial charge in [0.2, 0.25) is 5.91 Å². The third-order valence-corrected chi connectivity index (χ3v) is 3.39. The highest BCUT2D eigenvalue weighted by atomic mass is 19.4. The number of rotatable bonds is 6. The topological polar surface area (TPSA) is 62.6 Å². The number of benzene rings is 1. The smallest absolute Gasteiger partial charge is 0.405 e. The van der Waals surface area contributed by atoms with Crippen molar-refractivity contribution in [2.75, 3.05) is 13.6 Å². The van der Waals surface area contributed by atoms with Crippen LogP contribution in [0, 0.1) is 0 Å². The summed E-state index contributed by atoms with van der Waals surface area (Å²) in [4.78, 5) is 25.1. The molecule has 5 nitrogen and oxygen atoms in total. The van der Waals surface area contributed by atoms with Crippen LogP contribution in [-0.2, 0) is 11.3 Å². The molecule has 0 aliphatic rings. The van der Waals surface area contributed by atoms with Crippen LogP contribution in [0.25, 0.3) is 6.08 Å². The molecule has 138 valence electrons. The van der Waals surface area contributed by atoms with Crippen LogP contribution in [-0.4, -0.2) is 36.5 Å². The molecule has 0 aliphatic carbocycles. The van der Waals surface area contributed by atoms with Crippen molar-refractivity contribution in [1.82, 2.24) is 10.2 Å². The molecule has 0 fully saturated rings. The van der Waals surface area contributed by atoms with Gasteiger partial charge >= 0.3 is 6.18 Å². The number of carbonyl (C=O) groups excluding carboxylic acids is 2. The van der Waals surface area contributed by atoms with Crippen molar-refractivity contribution in [3.8, 4) is 0 Å². The van der Waals surface area contributed by atoms with Gasteiger partial charge < -0.3 is 14.6 Å². The van der Waals surface area contributed by atoms with Gasteiger partial charge in [0, 0.05) is 25.2 Å². The van der Waals surface area contributed by atoms with E-state index in [-0.39, 0.29) is 18.0 Å². The van der Waals surface area contributed by atoms with Gasteiger partial charge in [-0.25, -0.2) is 0 Å². The second-order valence-electron chi connectivity index (χ2n) is 5.54. The molecule has 0 spiro atoms. The standard InChI is InChI=1S/C18H17F3N2O3/c1-23(16(24)9-8-15-3-2-10-26-15)11-13-4-6-14(7-5-13)17(25)22-12-18(19,20)21/h2-10H,11-12H2,1H3,(H,22,25). The first-order chi connectivity index (χ1) is 12.2. The highest BCUT2D eigenvalue weighted by Gasteiger charge is 2.27. The van der Waals surface area contributed by atoms with E-state index in [1.165, 1.54) is 29.4 Å². The van der Waals surface area contributed by atoms with E-state index in [9.17, 15) is 22.8 Å². The Bertz CT molecular complexity index is 766. The number of nitrogens with zero attached hydrogens (tertiary/aromatic N) is 1. The minimum atomic E-state index is -4.46. The lowest BCUT2D eigenvalue weighted by Crippen LogP contribution is -2.33. The molecule has 0 saturated carbocycles. The highest BCUT2D eigenvalue weighted by Crippen LogP contribution is 2.13. The van der Waals surface area contributed by atoms with Crippen LogP contribution in [0.2, 0.25) is 0 Å². The van der Waals surface area contributed by atoms with E-state index in [1.54, 1.807) is 42.7 Å². The van der Waals surface area contributed by atoms with Crippen molar-refractivity contribution < 1.29 is 27.2 Å². The summed E-state index contributed by atoms with van der Waals surface area (Å²) in [5.74, 6) is -0.492. The van der Waals surface area contributed by atoms with Crippen LogP contribution < -0.4 is 5.32 Å². The molecular formula is C18H17F3N2O3. The summed E-state index contributed by atoms with van der Waals surface area (Å²) in [5.41, 5.74) is 0.851. The molecule has 1 heterocycles. The van der Waals surface area contributed by atoms with Crippen molar-refractivity contribution in [3.63, 3.8) is 0 Å². The van der Waals surface area contributed by atoms with Crippen molar-refractivity contribution >= 4 is 17.9 Å². The minimum absolute atomic E-state index is 0.115. The van der Waals surface area contributed by atoms with Gasteiger partial charge in [0.25, 0.3) is 5.91 Å². The predicted octanol–water partition coefficient (Wildman–Crippen LogP) is 3.24. The summed E-state index contributed by atoms with van der Waals surface area (Å²) in [6.07, 6.45) is -0.0349. The fourth-order valence-corrected chi connectivity index (χ4v) is 2.06. The van der Waals surface area contributed by atoms with Crippen LogP contribution in [0.1, 0.15) is 21.7 Å². The molecule has 1 N–H and O–H groups in total. The van der Waals surface area contributed by atoms with E-state index in [2.05, 4.69) is 0 Å². The van der Waals surface area contributed by atoms with E-state index in [4.69, 9.17) is 4.42 Å². The van der Waals surface area contributed by atoms with Gasteiger partial charge in [0.15, 0.2) is 0 Å². The first-order valence-corrected chi connectivity index (χ1v) is 7.65. The maximum atomic E-state index is 12.1. The van der Waals surface area contributed by atoms with Gasteiger partial charge in [0.1, 0.15) is 12.3 Å². The second-order valence-corrected chi connectivity index (χ2v) is 5.54. The molecule has 0 aliphatic heterocycles. The Labute approximate surface area is 148 Å². The predicted molar refractivity (Wildman–Crippen MR) is 89.0 cm³/mol. The zero-order chi connectivity index (χ0) is 19.2. The minimum Gasteiger partial charge on any atom is -0.465 e. The third kappa shape index (κ3) is 6.12. The Balaban J connectivity index is 1.89. The molecule has 2 amide bonds. The van der Waals surface area contributed by atoms with Crippen molar-refractivity contribution in [2.24, 2.45) is 0 Å². The summed E-state index contributed by atoms with van der Waals surface area (Å²) in [7, 11) is 1.61. The molecule has 0 radical (unpaired) electrons. The normalized spacial score (nSPS) is 11.5. The zero-order valence-corrected chi connectivity index (χ0v) is 13.9. The number of furan rings is 1. The lowest BCUT2D eigenvalue weighted by atomic mass is 10.1.